The molecule has 0 atom stereocenters. The summed E-state index contributed by atoms with van der Waals surface area (Å²) in [7, 11) is -3.05. The Morgan fingerprint density at radius 3 is 2.78 bits per heavy atom. The summed E-state index contributed by atoms with van der Waals surface area (Å²) in [5.74, 6) is 1.22. The van der Waals surface area contributed by atoms with Gasteiger partial charge in [-0.3, -0.25) is 0 Å². The van der Waals surface area contributed by atoms with Gasteiger partial charge in [-0.15, -0.1) is 0 Å². The molecule has 1 aliphatic rings. The van der Waals surface area contributed by atoms with Gasteiger partial charge in [-0.25, -0.2) is 17.7 Å². The van der Waals surface area contributed by atoms with Crippen LogP contribution < -0.4 is 5.32 Å². The van der Waals surface area contributed by atoms with Gasteiger partial charge >= 0.3 is 0 Å². The van der Waals surface area contributed by atoms with Crippen LogP contribution in [0.5, 0.6) is 0 Å². The fraction of sp³-hybridized carbons (Fsp3) is 0.400. The number of anilines is 1. The number of hydrogen-bond donors (Lipinski definition) is 1. The molecule has 0 bridgehead atoms. The largest absolute Gasteiger partial charge is 0.370 e. The van der Waals surface area contributed by atoms with Crippen LogP contribution in [0.15, 0.2) is 28.7 Å². The van der Waals surface area contributed by atoms with E-state index in [0.717, 1.165) is 21.2 Å². The van der Waals surface area contributed by atoms with Gasteiger partial charge in [0.25, 0.3) is 0 Å². The van der Waals surface area contributed by atoms with E-state index < -0.39 is 10.0 Å². The van der Waals surface area contributed by atoms with Crippen molar-refractivity contribution in [2.45, 2.75) is 6.92 Å². The van der Waals surface area contributed by atoms with E-state index in [0.29, 0.717) is 30.6 Å². The Morgan fingerprint density at radius 2 is 2.09 bits per heavy atom. The quantitative estimate of drug-likeness (QED) is 0.809. The van der Waals surface area contributed by atoms with Crippen molar-refractivity contribution >= 4 is 54.3 Å². The molecule has 0 aliphatic carbocycles. The summed E-state index contributed by atoms with van der Waals surface area (Å²) >= 11 is 9.69. The average molecular weight is 419 g/mol. The average Bonchev–Trinajstić information content (AvgIpc) is 2.49. The van der Waals surface area contributed by atoms with Crippen LogP contribution in [0.4, 0.5) is 5.82 Å². The van der Waals surface area contributed by atoms with Gasteiger partial charge in [-0.1, -0.05) is 27.5 Å². The van der Waals surface area contributed by atoms with E-state index in [4.69, 9.17) is 11.6 Å². The number of sulfonamides is 1. The molecule has 3 rings (SSSR count). The summed E-state index contributed by atoms with van der Waals surface area (Å²) in [6.45, 7) is 3.51. The van der Waals surface area contributed by atoms with E-state index in [2.05, 4.69) is 26.2 Å². The molecule has 0 amide bonds. The molecule has 0 unspecified atom stereocenters. The van der Waals surface area contributed by atoms with Gasteiger partial charge in [0.05, 0.1) is 16.3 Å². The standard InChI is InChI=1S/C15H17BrClN3O2S/c1-2-23(21,22)20-8-10(9-20)7-18-14-6-3-11-12(16)4-5-13(17)15(11)19-14/h3-6,10H,2,7-9H2,1H3,(H,18,19). The molecule has 8 heteroatoms. The van der Waals surface area contributed by atoms with Crippen molar-refractivity contribution in [3.63, 3.8) is 0 Å². The first kappa shape index (κ1) is 17.0. The predicted molar refractivity (Wildman–Crippen MR) is 97.5 cm³/mol. The number of halogens is 2. The third-order valence-electron chi connectivity index (χ3n) is 4.01. The molecule has 1 N–H and O–H groups in total. The van der Waals surface area contributed by atoms with Crippen LogP contribution in [0.3, 0.4) is 0 Å². The lowest BCUT2D eigenvalue weighted by Crippen LogP contribution is -2.52. The Bertz CT molecular complexity index is 838. The van der Waals surface area contributed by atoms with Crippen LogP contribution in [0.2, 0.25) is 5.02 Å². The highest BCUT2D eigenvalue weighted by Gasteiger charge is 2.34. The van der Waals surface area contributed by atoms with Gasteiger partial charge in [0, 0.05) is 35.4 Å². The number of rotatable bonds is 5. The predicted octanol–water partition coefficient (Wildman–Crippen LogP) is 3.34. The highest BCUT2D eigenvalue weighted by Crippen LogP contribution is 2.30. The Labute approximate surface area is 149 Å². The Balaban J connectivity index is 1.64. The minimum absolute atomic E-state index is 0.159. The van der Waals surface area contributed by atoms with Crippen LogP contribution in [0.25, 0.3) is 10.9 Å². The van der Waals surface area contributed by atoms with Crippen molar-refractivity contribution < 1.29 is 8.42 Å². The molecule has 1 aromatic heterocycles. The minimum Gasteiger partial charge on any atom is -0.370 e. The summed E-state index contributed by atoms with van der Waals surface area (Å²) in [5, 5.41) is 4.84. The van der Waals surface area contributed by atoms with E-state index in [1.54, 1.807) is 6.92 Å². The molecule has 1 aliphatic heterocycles. The van der Waals surface area contributed by atoms with Gasteiger partial charge in [0.2, 0.25) is 10.0 Å². The fourth-order valence-electron chi connectivity index (χ4n) is 2.56. The van der Waals surface area contributed by atoms with E-state index in [1.165, 1.54) is 4.31 Å². The second-order valence-electron chi connectivity index (χ2n) is 5.59. The number of aromatic nitrogens is 1. The Morgan fingerprint density at radius 1 is 1.35 bits per heavy atom. The molecule has 1 saturated heterocycles. The molecule has 1 aromatic carbocycles. The minimum atomic E-state index is -3.05. The van der Waals surface area contributed by atoms with Crippen LogP contribution in [0, 0.1) is 5.92 Å². The van der Waals surface area contributed by atoms with E-state index in [9.17, 15) is 8.42 Å². The van der Waals surface area contributed by atoms with Gasteiger partial charge in [-0.05, 0) is 31.2 Å². The molecule has 2 aromatic rings. The summed E-state index contributed by atoms with van der Waals surface area (Å²) in [5.41, 5.74) is 0.745. The smallest absolute Gasteiger partial charge is 0.213 e. The Hall–Kier alpha value is -0.890. The molecule has 124 valence electrons. The van der Waals surface area contributed by atoms with E-state index in [-0.39, 0.29) is 5.75 Å². The molecule has 0 saturated carbocycles. The molecular weight excluding hydrogens is 402 g/mol. The van der Waals surface area contributed by atoms with Crippen molar-refractivity contribution in [1.82, 2.24) is 9.29 Å². The zero-order valence-electron chi connectivity index (χ0n) is 12.6. The number of fused-ring (bicyclic) bond motifs is 1. The molecule has 5 nitrogen and oxygen atoms in total. The molecule has 0 radical (unpaired) electrons. The van der Waals surface area contributed by atoms with Crippen LogP contribution in [0.1, 0.15) is 6.92 Å². The van der Waals surface area contributed by atoms with Gasteiger partial charge in [-0.2, -0.15) is 0 Å². The van der Waals surface area contributed by atoms with E-state index >= 15 is 0 Å². The zero-order chi connectivity index (χ0) is 16.6. The highest BCUT2D eigenvalue weighted by atomic mass is 79.9. The van der Waals surface area contributed by atoms with Crippen LogP contribution in [-0.4, -0.2) is 43.1 Å². The fourth-order valence-corrected chi connectivity index (χ4v) is 4.46. The van der Waals surface area contributed by atoms with Gasteiger partial charge < -0.3 is 5.32 Å². The summed E-state index contributed by atoms with van der Waals surface area (Å²) in [4.78, 5) is 4.54. The molecule has 0 spiro atoms. The van der Waals surface area contributed by atoms with Gasteiger partial charge in [0.1, 0.15) is 5.82 Å². The molecular formula is C15H17BrClN3O2S. The lowest BCUT2D eigenvalue weighted by Gasteiger charge is -2.38. The third-order valence-corrected chi connectivity index (χ3v) is 6.82. The second kappa shape index (κ2) is 6.55. The first-order chi connectivity index (χ1) is 10.9. The van der Waals surface area contributed by atoms with Crippen molar-refractivity contribution in [3.8, 4) is 0 Å². The SMILES string of the molecule is CCS(=O)(=O)N1CC(CNc2ccc3c(Br)ccc(Cl)c3n2)C1. The van der Waals surface area contributed by atoms with Crippen LogP contribution in [-0.2, 0) is 10.0 Å². The summed E-state index contributed by atoms with van der Waals surface area (Å²) < 4.78 is 25.9. The molecule has 1 fully saturated rings. The monoisotopic (exact) mass is 417 g/mol. The maximum absolute atomic E-state index is 11.7. The first-order valence-corrected chi connectivity index (χ1v) is 10.1. The topological polar surface area (TPSA) is 62.3 Å². The number of benzene rings is 1. The lowest BCUT2D eigenvalue weighted by molar-refractivity contribution is 0.212. The zero-order valence-corrected chi connectivity index (χ0v) is 15.7. The van der Waals surface area contributed by atoms with Crippen molar-refractivity contribution in [3.05, 3.63) is 33.8 Å². The van der Waals surface area contributed by atoms with Gasteiger partial charge in [0.15, 0.2) is 0 Å². The third kappa shape index (κ3) is 3.47. The number of hydrogen-bond acceptors (Lipinski definition) is 4. The maximum atomic E-state index is 11.7. The van der Waals surface area contributed by atoms with E-state index in [1.807, 2.05) is 24.3 Å². The van der Waals surface area contributed by atoms with Crippen molar-refractivity contribution in [2.24, 2.45) is 5.92 Å². The van der Waals surface area contributed by atoms with Crippen LogP contribution >= 0.6 is 27.5 Å². The number of nitrogens with one attached hydrogen (secondary N) is 1. The normalized spacial score (nSPS) is 16.5. The summed E-state index contributed by atoms with van der Waals surface area (Å²) in [6.07, 6.45) is 0. The molecule has 23 heavy (non-hydrogen) atoms. The van der Waals surface area contributed by atoms with Crippen molar-refractivity contribution in [1.29, 1.82) is 0 Å². The highest BCUT2D eigenvalue weighted by molar-refractivity contribution is 9.10. The lowest BCUT2D eigenvalue weighted by atomic mass is 10.0. The number of pyridine rings is 1. The number of nitrogens with zero attached hydrogens (tertiary/aromatic N) is 2. The molecule has 2 heterocycles. The van der Waals surface area contributed by atoms with Crippen molar-refractivity contribution in [2.75, 3.05) is 30.7 Å². The maximum Gasteiger partial charge on any atom is 0.213 e. The Kier molecular flexibility index (Phi) is 4.83. The second-order valence-corrected chi connectivity index (χ2v) is 9.11. The first-order valence-electron chi connectivity index (χ1n) is 7.37. The summed E-state index contributed by atoms with van der Waals surface area (Å²) in [6, 6.07) is 7.58.